The van der Waals surface area contributed by atoms with E-state index in [1.54, 1.807) is 0 Å². The highest BCUT2D eigenvalue weighted by atomic mass is 16.5. The molecule has 23 heavy (non-hydrogen) atoms. The van der Waals surface area contributed by atoms with Crippen LogP contribution in [0.25, 0.3) is 0 Å². The summed E-state index contributed by atoms with van der Waals surface area (Å²) in [6.45, 7) is 4.90. The number of anilines is 1. The maximum atomic E-state index is 12.6. The Balaban J connectivity index is 1.69. The molecule has 0 unspecified atom stereocenters. The van der Waals surface area contributed by atoms with E-state index < -0.39 is 0 Å². The molecule has 5 nitrogen and oxygen atoms in total. The van der Waals surface area contributed by atoms with Crippen molar-refractivity contribution in [3.8, 4) is 0 Å². The average molecular weight is 313 g/mol. The first-order valence-corrected chi connectivity index (χ1v) is 8.33. The number of urea groups is 1. The topological polar surface area (TPSA) is 58.4 Å². The van der Waals surface area contributed by atoms with Crippen molar-refractivity contribution in [1.29, 1.82) is 0 Å². The highest BCUT2D eigenvalue weighted by molar-refractivity contribution is 5.89. The van der Waals surface area contributed by atoms with E-state index in [4.69, 9.17) is 4.52 Å². The molecule has 0 radical (unpaired) electrons. The minimum absolute atomic E-state index is 0.0160. The summed E-state index contributed by atoms with van der Waals surface area (Å²) in [6, 6.07) is 9.86. The molecule has 0 spiro atoms. The maximum absolute atomic E-state index is 12.6. The van der Waals surface area contributed by atoms with Crippen molar-refractivity contribution in [3.05, 3.63) is 47.3 Å². The van der Waals surface area contributed by atoms with Gasteiger partial charge in [0.25, 0.3) is 0 Å². The predicted molar refractivity (Wildman–Crippen MR) is 89.4 cm³/mol. The fourth-order valence-electron chi connectivity index (χ4n) is 2.98. The lowest BCUT2D eigenvalue weighted by Crippen LogP contribution is -2.34. The summed E-state index contributed by atoms with van der Waals surface area (Å²) in [4.78, 5) is 14.4. The number of likely N-dealkylation sites (tertiary alicyclic amines) is 1. The summed E-state index contributed by atoms with van der Waals surface area (Å²) >= 11 is 0. The van der Waals surface area contributed by atoms with Crippen molar-refractivity contribution in [2.24, 2.45) is 0 Å². The monoisotopic (exact) mass is 313 g/mol. The molecule has 1 fully saturated rings. The van der Waals surface area contributed by atoms with Crippen LogP contribution in [0.2, 0.25) is 0 Å². The summed E-state index contributed by atoms with van der Waals surface area (Å²) in [5.41, 5.74) is 3.02. The molecule has 3 rings (SSSR count). The van der Waals surface area contributed by atoms with Gasteiger partial charge in [-0.2, -0.15) is 0 Å². The van der Waals surface area contributed by atoms with Crippen molar-refractivity contribution in [2.75, 3.05) is 11.9 Å². The van der Waals surface area contributed by atoms with Crippen LogP contribution in [-0.4, -0.2) is 22.6 Å². The van der Waals surface area contributed by atoms with Gasteiger partial charge in [-0.25, -0.2) is 4.79 Å². The Morgan fingerprint density at radius 3 is 2.74 bits per heavy atom. The molecule has 1 aromatic carbocycles. The highest BCUT2D eigenvalue weighted by Crippen LogP contribution is 2.32. The number of nitrogens with zero attached hydrogens (tertiary/aromatic N) is 2. The number of rotatable bonds is 4. The van der Waals surface area contributed by atoms with E-state index in [1.165, 1.54) is 5.56 Å². The largest absolute Gasteiger partial charge is 0.359 e. The van der Waals surface area contributed by atoms with E-state index in [0.717, 1.165) is 49.4 Å². The van der Waals surface area contributed by atoms with E-state index >= 15 is 0 Å². The molecule has 1 N–H and O–H groups in total. The average Bonchev–Trinajstić information content (AvgIpc) is 3.24. The second kappa shape index (κ2) is 6.86. The lowest BCUT2D eigenvalue weighted by molar-refractivity contribution is 0.195. The number of amides is 2. The van der Waals surface area contributed by atoms with E-state index in [1.807, 2.05) is 42.2 Å². The van der Waals surface area contributed by atoms with Gasteiger partial charge < -0.3 is 14.7 Å². The second-order valence-corrected chi connectivity index (χ2v) is 5.91. The molecule has 2 amide bonds. The van der Waals surface area contributed by atoms with Crippen LogP contribution in [0.15, 0.2) is 34.9 Å². The van der Waals surface area contributed by atoms with Gasteiger partial charge in [-0.05, 0) is 43.4 Å². The lowest BCUT2D eigenvalue weighted by atomic mass is 10.1. The van der Waals surface area contributed by atoms with Crippen LogP contribution in [-0.2, 0) is 12.8 Å². The fraction of sp³-hybridized carbons (Fsp3) is 0.444. The number of nitrogens with one attached hydrogen (secondary N) is 1. The molecule has 2 aromatic rings. The predicted octanol–water partition coefficient (Wildman–Crippen LogP) is 4.17. The van der Waals surface area contributed by atoms with E-state index in [2.05, 4.69) is 17.4 Å². The van der Waals surface area contributed by atoms with Crippen molar-refractivity contribution in [2.45, 2.75) is 45.6 Å². The summed E-state index contributed by atoms with van der Waals surface area (Å²) in [6.07, 6.45) is 3.73. The quantitative estimate of drug-likeness (QED) is 0.921. The Kier molecular flexibility index (Phi) is 4.65. The van der Waals surface area contributed by atoms with Crippen LogP contribution in [0.1, 0.15) is 49.7 Å². The van der Waals surface area contributed by atoms with Gasteiger partial charge in [0.1, 0.15) is 0 Å². The number of hydrogen-bond donors (Lipinski definition) is 1. The Hall–Kier alpha value is -2.30. The minimum atomic E-state index is -0.0776. The molecular formula is C18H23N3O2. The van der Waals surface area contributed by atoms with Gasteiger partial charge in [-0.3, -0.25) is 0 Å². The molecule has 2 heterocycles. The molecule has 122 valence electrons. The summed E-state index contributed by atoms with van der Waals surface area (Å²) in [5.74, 6) is 0.788. The van der Waals surface area contributed by atoms with Gasteiger partial charge in [-0.15, -0.1) is 0 Å². The molecular weight excluding hydrogens is 290 g/mol. The first-order chi connectivity index (χ1) is 11.2. The zero-order chi connectivity index (χ0) is 16.2. The first kappa shape index (κ1) is 15.6. The molecule has 0 bridgehead atoms. The Labute approximate surface area is 136 Å². The van der Waals surface area contributed by atoms with Crippen molar-refractivity contribution in [3.63, 3.8) is 0 Å². The summed E-state index contributed by atoms with van der Waals surface area (Å²) in [5, 5.41) is 7.02. The molecule has 1 aromatic heterocycles. The fourth-order valence-corrected chi connectivity index (χ4v) is 2.98. The van der Waals surface area contributed by atoms with Crippen LogP contribution in [0.3, 0.4) is 0 Å². The van der Waals surface area contributed by atoms with E-state index in [-0.39, 0.29) is 12.1 Å². The molecule has 1 saturated heterocycles. The number of carbonyl (C=O) groups is 1. The maximum Gasteiger partial charge on any atom is 0.322 e. The van der Waals surface area contributed by atoms with Gasteiger partial charge in [0.05, 0.1) is 11.7 Å². The van der Waals surface area contributed by atoms with Crippen LogP contribution in [0, 0.1) is 0 Å². The Bertz CT molecular complexity index is 663. The molecule has 0 saturated carbocycles. The number of aryl methyl sites for hydroxylation is 2. The van der Waals surface area contributed by atoms with Crippen LogP contribution in [0.4, 0.5) is 10.5 Å². The van der Waals surface area contributed by atoms with Crippen molar-refractivity contribution >= 4 is 11.7 Å². The number of carbonyl (C=O) groups excluding carboxylic acids is 1. The number of hydrogen-bond acceptors (Lipinski definition) is 3. The van der Waals surface area contributed by atoms with E-state index in [9.17, 15) is 4.79 Å². The molecule has 1 aliphatic rings. The minimum Gasteiger partial charge on any atom is -0.359 e. The summed E-state index contributed by atoms with van der Waals surface area (Å²) in [7, 11) is 0. The highest BCUT2D eigenvalue weighted by Gasteiger charge is 2.32. The van der Waals surface area contributed by atoms with Gasteiger partial charge >= 0.3 is 6.03 Å². The lowest BCUT2D eigenvalue weighted by Gasteiger charge is -2.23. The molecule has 1 aliphatic heterocycles. The van der Waals surface area contributed by atoms with Crippen LogP contribution >= 0.6 is 0 Å². The van der Waals surface area contributed by atoms with E-state index in [0.29, 0.717) is 0 Å². The van der Waals surface area contributed by atoms with Crippen LogP contribution in [0.5, 0.6) is 0 Å². The van der Waals surface area contributed by atoms with Crippen molar-refractivity contribution in [1.82, 2.24) is 10.1 Å². The molecule has 5 heteroatoms. The second-order valence-electron chi connectivity index (χ2n) is 5.91. The molecule has 1 atom stereocenters. The summed E-state index contributed by atoms with van der Waals surface area (Å²) < 4.78 is 5.43. The third-order valence-electron chi connectivity index (χ3n) is 4.39. The van der Waals surface area contributed by atoms with Gasteiger partial charge in [-0.1, -0.05) is 31.1 Å². The Morgan fingerprint density at radius 1 is 1.30 bits per heavy atom. The zero-order valence-corrected chi connectivity index (χ0v) is 13.7. The standard InChI is InChI=1S/C18H23N3O2/c1-3-13-7-9-15(10-8-13)19-18(22)21-11-5-6-16(21)17-12-14(4-2)20-23-17/h7-10,12,16H,3-6,11H2,1-2H3,(H,19,22)/t16-/m0/s1. The van der Waals surface area contributed by atoms with Gasteiger partial charge in [0.2, 0.25) is 0 Å². The third kappa shape index (κ3) is 3.38. The molecule has 0 aliphatic carbocycles. The van der Waals surface area contributed by atoms with Gasteiger partial charge in [0, 0.05) is 18.3 Å². The third-order valence-corrected chi connectivity index (χ3v) is 4.39. The smallest absolute Gasteiger partial charge is 0.322 e. The Morgan fingerprint density at radius 2 is 2.09 bits per heavy atom. The number of aromatic nitrogens is 1. The normalized spacial score (nSPS) is 17.5. The SMILES string of the molecule is CCc1ccc(NC(=O)N2CCC[C@H]2c2cc(CC)no2)cc1. The van der Waals surface area contributed by atoms with Gasteiger partial charge in [0.15, 0.2) is 5.76 Å². The van der Waals surface area contributed by atoms with Crippen LogP contribution < -0.4 is 5.32 Å². The first-order valence-electron chi connectivity index (χ1n) is 8.33. The number of benzene rings is 1. The van der Waals surface area contributed by atoms with Crippen molar-refractivity contribution < 1.29 is 9.32 Å². The zero-order valence-electron chi connectivity index (χ0n) is 13.7.